The number of hydrogen-bond donors (Lipinski definition) is 1. The summed E-state index contributed by atoms with van der Waals surface area (Å²) in [6, 6.07) is 55.4. The summed E-state index contributed by atoms with van der Waals surface area (Å²) >= 11 is 0.783. The van der Waals surface area contributed by atoms with Crippen molar-refractivity contribution in [2.45, 2.75) is 202 Å². The summed E-state index contributed by atoms with van der Waals surface area (Å²) in [5.41, 5.74) is 20.4. The van der Waals surface area contributed by atoms with Crippen molar-refractivity contribution >= 4 is 68.7 Å². The first-order valence-corrected chi connectivity index (χ1v) is 32.0. The highest BCUT2D eigenvalue weighted by molar-refractivity contribution is 7.83. The molecule has 8 heteroatoms. The molecule has 8 aromatic rings. The van der Waals surface area contributed by atoms with E-state index in [0.29, 0.717) is 12.5 Å². The Balaban J connectivity index is 1.11. The van der Waals surface area contributed by atoms with E-state index in [-0.39, 0.29) is 21.7 Å². The number of unbranched alkanes of at least 4 members (excludes halogenated alkanes) is 4. The van der Waals surface area contributed by atoms with E-state index in [1.807, 2.05) is 4.80 Å². The molecule has 0 bridgehead atoms. The van der Waals surface area contributed by atoms with Crippen molar-refractivity contribution in [1.82, 2.24) is 15.0 Å². The van der Waals surface area contributed by atoms with Gasteiger partial charge in [-0.1, -0.05) is 227 Å². The van der Waals surface area contributed by atoms with Gasteiger partial charge in [0.2, 0.25) is 0 Å². The summed E-state index contributed by atoms with van der Waals surface area (Å²) in [4.78, 5) is 6.72. The zero-order valence-corrected chi connectivity index (χ0v) is 53.2. The molecular weight excluding hydrogens is 1020 g/mol. The minimum Gasteiger partial charge on any atom is -0.438 e. The number of aromatic nitrogens is 3. The molecule has 0 saturated carbocycles. The van der Waals surface area contributed by atoms with Crippen molar-refractivity contribution in [2.75, 3.05) is 14.5 Å². The Morgan fingerprint density at radius 1 is 0.427 bits per heavy atom. The molecule has 432 valence electrons. The summed E-state index contributed by atoms with van der Waals surface area (Å²) in [7, 11) is 0. The minimum atomic E-state index is 0.103. The molecule has 1 aromatic heterocycles. The SMILES string of the molecule is CCCCC(C)(C)c1ccc(N(c2ccc(-c3c4c(c(-c5ccc(N(c6ccc(C(C)(C)CCCC)cc6)c6ccc(C(C)(C)CCCC)cc6)cc5)c5nn(CC(C)C)nc35)N[SH+][N-]4)cc2)c2ccc(C(C)(C)CCCC)cc2)cc1. The maximum Gasteiger partial charge on any atom is 0.123 e. The van der Waals surface area contributed by atoms with E-state index in [0.717, 1.165) is 90.9 Å². The Bertz CT molecular complexity index is 3000. The van der Waals surface area contributed by atoms with E-state index in [4.69, 9.17) is 14.9 Å². The van der Waals surface area contributed by atoms with Gasteiger partial charge in [-0.3, -0.25) is 0 Å². The fraction of sp³-hybridized carbons (Fsp3) is 0.432. The minimum absolute atomic E-state index is 0.103. The molecule has 7 nitrogen and oxygen atoms in total. The van der Waals surface area contributed by atoms with Gasteiger partial charge in [0, 0.05) is 57.4 Å². The number of thiol groups is 1. The molecule has 0 radical (unpaired) electrons. The predicted molar refractivity (Wildman–Crippen MR) is 358 cm³/mol. The lowest BCUT2D eigenvalue weighted by atomic mass is 9.80. The summed E-state index contributed by atoms with van der Waals surface area (Å²) in [5, 5.41) is 10.7. The molecule has 82 heavy (non-hydrogen) atoms. The monoisotopic (exact) mass is 1110 g/mol. The predicted octanol–water partition coefficient (Wildman–Crippen LogP) is 22.3. The van der Waals surface area contributed by atoms with Gasteiger partial charge in [0.25, 0.3) is 0 Å². The van der Waals surface area contributed by atoms with Crippen molar-refractivity contribution < 1.29 is 0 Å². The van der Waals surface area contributed by atoms with Crippen LogP contribution in [0.1, 0.15) is 196 Å². The zero-order chi connectivity index (χ0) is 58.4. The fourth-order valence-corrected chi connectivity index (χ4v) is 12.9. The molecule has 1 aliphatic rings. The molecule has 9 rings (SSSR count). The third-order valence-corrected chi connectivity index (χ3v) is 18.4. The lowest BCUT2D eigenvalue weighted by Crippen LogP contribution is -2.18. The smallest absolute Gasteiger partial charge is 0.123 e. The van der Waals surface area contributed by atoms with E-state index < -0.39 is 0 Å². The molecule has 7 aromatic carbocycles. The second kappa shape index (κ2) is 25.5. The van der Waals surface area contributed by atoms with Crippen molar-refractivity contribution in [3.05, 3.63) is 173 Å². The number of hydrogen-bond acceptors (Lipinski definition) is 5. The largest absolute Gasteiger partial charge is 0.438 e. The fourth-order valence-electron chi connectivity index (χ4n) is 12.2. The quantitative estimate of drug-likeness (QED) is 0.0432. The van der Waals surface area contributed by atoms with Crippen molar-refractivity contribution in [1.29, 1.82) is 0 Å². The number of nitrogens with zero attached hydrogens (tertiary/aromatic N) is 6. The first-order chi connectivity index (χ1) is 39.3. The second-order valence-electron chi connectivity index (χ2n) is 26.5. The van der Waals surface area contributed by atoms with Gasteiger partial charge in [0.05, 0.1) is 12.2 Å². The van der Waals surface area contributed by atoms with E-state index in [1.165, 1.54) is 99.3 Å². The van der Waals surface area contributed by atoms with Crippen LogP contribution in [0.3, 0.4) is 0 Å². The summed E-state index contributed by atoms with van der Waals surface area (Å²) in [6.45, 7) is 33.3. The molecule has 0 spiro atoms. The van der Waals surface area contributed by atoms with Crippen LogP contribution in [-0.2, 0) is 40.3 Å². The number of benzene rings is 7. The molecule has 0 unspecified atom stereocenters. The molecule has 0 fully saturated rings. The van der Waals surface area contributed by atoms with Crippen LogP contribution in [0.5, 0.6) is 0 Å². The molecule has 0 atom stereocenters. The van der Waals surface area contributed by atoms with Crippen LogP contribution in [0.25, 0.3) is 38.0 Å². The van der Waals surface area contributed by atoms with Gasteiger partial charge in [-0.15, -0.1) is 0 Å². The number of nitrogens with one attached hydrogen (secondary N) is 1. The molecular formula is C74H95N7S. The Kier molecular flexibility index (Phi) is 18.7. The average molecular weight is 1110 g/mol. The van der Waals surface area contributed by atoms with Crippen LogP contribution in [0.4, 0.5) is 45.5 Å². The Morgan fingerprint density at radius 3 is 1.00 bits per heavy atom. The van der Waals surface area contributed by atoms with Crippen molar-refractivity contribution in [3.8, 4) is 22.3 Å². The normalized spacial score (nSPS) is 12.9. The van der Waals surface area contributed by atoms with Gasteiger partial charge in [-0.2, -0.15) is 15.0 Å². The van der Waals surface area contributed by atoms with E-state index in [2.05, 4.69) is 257 Å². The molecule has 0 saturated heterocycles. The Hall–Kier alpha value is -6.51. The highest BCUT2D eigenvalue weighted by atomic mass is 32.2. The van der Waals surface area contributed by atoms with E-state index in [1.54, 1.807) is 0 Å². The van der Waals surface area contributed by atoms with E-state index >= 15 is 0 Å². The summed E-state index contributed by atoms with van der Waals surface area (Å²) in [5.74, 6) is 0.360. The van der Waals surface area contributed by atoms with Gasteiger partial charge in [0.1, 0.15) is 11.0 Å². The standard InChI is InChI=1S/C74H95N7S/c1-15-19-47-71(7,8)55-27-39-61(40-28-55)80(62-41-29-56(30-42-62)72(9,10)48-20-16-2)59-35-23-53(24-36-59)65-67-68(76-79(75-67)51-52(5)6)66(70-69(65)77-82-78-70)54-25-37-60(38-26-54)81(63-43-31-57(32-44-63)73(11,12)49-21-17-3)64-45-33-58(34-46-64)74(13,14)50-22-18-4/h23-46,52,77,82H,15-22,47-51H2,1-14H3. The topological polar surface area (TPSA) is 63.3 Å². The first kappa shape index (κ1) is 60.1. The van der Waals surface area contributed by atoms with Crippen LogP contribution in [0.15, 0.2) is 146 Å². The van der Waals surface area contributed by atoms with Gasteiger partial charge in [-0.25, -0.2) is 4.72 Å². The molecule has 2 heterocycles. The first-order valence-electron chi connectivity index (χ1n) is 31.1. The van der Waals surface area contributed by atoms with Gasteiger partial charge < -0.3 is 14.5 Å². The maximum absolute atomic E-state index is 5.35. The van der Waals surface area contributed by atoms with Gasteiger partial charge in [0.15, 0.2) is 0 Å². The van der Waals surface area contributed by atoms with Crippen molar-refractivity contribution in [2.24, 2.45) is 5.92 Å². The van der Waals surface area contributed by atoms with Crippen molar-refractivity contribution in [3.63, 3.8) is 0 Å². The molecule has 0 aliphatic carbocycles. The Morgan fingerprint density at radius 2 is 0.707 bits per heavy atom. The lowest BCUT2D eigenvalue weighted by molar-refractivity contribution is 0.442. The number of anilines is 7. The van der Waals surface area contributed by atoms with Gasteiger partial charge >= 0.3 is 0 Å². The number of fused-ring (bicyclic) bond motifs is 2. The lowest BCUT2D eigenvalue weighted by Gasteiger charge is -2.30. The van der Waals surface area contributed by atoms with E-state index in [9.17, 15) is 0 Å². The highest BCUT2D eigenvalue weighted by Crippen LogP contribution is 2.54. The zero-order valence-electron chi connectivity index (χ0n) is 52.3. The second-order valence-corrected chi connectivity index (χ2v) is 27.2. The number of rotatable bonds is 26. The summed E-state index contributed by atoms with van der Waals surface area (Å²) in [6.07, 6.45) is 14.3. The third kappa shape index (κ3) is 13.1. The molecule has 1 aliphatic heterocycles. The van der Waals surface area contributed by atoms with Crippen LogP contribution < -0.4 is 14.5 Å². The molecule has 0 amide bonds. The van der Waals surface area contributed by atoms with Gasteiger partial charge in [-0.05, 0) is 159 Å². The maximum atomic E-state index is 5.35. The third-order valence-electron chi connectivity index (χ3n) is 17.8. The molecule has 1 N–H and O–H groups in total. The Labute approximate surface area is 498 Å². The highest BCUT2D eigenvalue weighted by Gasteiger charge is 2.29. The van der Waals surface area contributed by atoms with Crippen LogP contribution in [0.2, 0.25) is 0 Å². The van der Waals surface area contributed by atoms with Crippen LogP contribution >= 0.6 is 0 Å². The van der Waals surface area contributed by atoms with Crippen LogP contribution in [-0.4, -0.2) is 15.0 Å². The van der Waals surface area contributed by atoms with Crippen LogP contribution in [0, 0.1) is 5.92 Å². The summed E-state index contributed by atoms with van der Waals surface area (Å²) < 4.78 is 8.90. The average Bonchev–Trinajstić information content (AvgIpc) is 3.74.